The maximum atomic E-state index is 12.5. The highest BCUT2D eigenvalue weighted by molar-refractivity contribution is 7.80. The third-order valence-electron chi connectivity index (χ3n) is 19.9. The van der Waals surface area contributed by atoms with Crippen LogP contribution in [0.3, 0.4) is 0 Å². The maximum Gasteiger partial charge on any atom is 0.410 e. The Bertz CT molecular complexity index is 6680. The van der Waals surface area contributed by atoms with Crippen LogP contribution in [-0.2, 0) is 73.9 Å². The average Bonchev–Trinajstić information content (AvgIpc) is 1.62. The smallest absolute Gasteiger partial charge is 0.410 e. The lowest BCUT2D eigenvalue weighted by atomic mass is 10.0. The number of fused-ring (bicyclic) bond motifs is 8. The molecule has 0 saturated carbocycles. The van der Waals surface area contributed by atoms with E-state index in [1.165, 1.54) is 103 Å². The minimum absolute atomic E-state index is 0.0139. The minimum Gasteiger partial charge on any atom is -0.444 e. The number of ketones is 1. The summed E-state index contributed by atoms with van der Waals surface area (Å²) >= 11 is 17.1. The van der Waals surface area contributed by atoms with E-state index >= 15 is 0 Å². The molecule has 0 aliphatic carbocycles. The monoisotopic (exact) mass is 1940 g/mol. The number of rotatable bonds is 6. The largest absolute Gasteiger partial charge is 0.444 e. The number of hydrogen-bond donors (Lipinski definition) is 7. The molecule has 4 aliphatic heterocycles. The molecule has 18 rings (SSSR count). The second-order valence-corrected chi connectivity index (χ2v) is 43.8. The summed E-state index contributed by atoms with van der Waals surface area (Å²) in [7, 11) is 0. The van der Waals surface area contributed by atoms with Crippen LogP contribution in [0.25, 0.3) is 87.6 Å². The molecule has 35 heteroatoms. The molecule has 0 bridgehead atoms. The van der Waals surface area contributed by atoms with Crippen LogP contribution in [0.1, 0.15) is 159 Å². The van der Waals surface area contributed by atoms with E-state index in [0.29, 0.717) is 70.1 Å². The molecule has 4 aliphatic rings. The number of nitrogens with one attached hydrogen (secondary N) is 3. The van der Waals surface area contributed by atoms with Crippen molar-refractivity contribution < 1.29 is 43.0 Å². The minimum atomic E-state index is -0.529. The van der Waals surface area contributed by atoms with Crippen molar-refractivity contribution in [2.45, 2.75) is 198 Å². The molecule has 1 saturated heterocycles. The number of carbonyl (C=O) groups excluding carboxylic acids is 6. The van der Waals surface area contributed by atoms with Crippen molar-refractivity contribution in [3.05, 3.63) is 190 Å². The summed E-state index contributed by atoms with van der Waals surface area (Å²) in [4.78, 5) is 106. The van der Waals surface area contributed by atoms with Crippen LogP contribution >= 0.6 is 103 Å². The summed E-state index contributed by atoms with van der Waals surface area (Å²) in [5.74, 6) is 0.0790. The van der Waals surface area contributed by atoms with Gasteiger partial charge in [0.1, 0.15) is 58.7 Å². The van der Waals surface area contributed by atoms with Gasteiger partial charge in [-0.05, 0) is 253 Å². The number of ether oxygens (including phenoxy) is 3. The molecule has 14 aromatic rings. The Hall–Kier alpha value is -11.5. The fraction of sp³-hybridized carbons (Fsp3) is 0.361. The molecule has 9 N–H and O–H groups in total. The highest BCUT2D eigenvalue weighted by Crippen LogP contribution is 2.49. The van der Waals surface area contributed by atoms with Gasteiger partial charge in [-0.3, -0.25) is 14.4 Å². The highest BCUT2D eigenvalue weighted by atomic mass is 32.1. The van der Waals surface area contributed by atoms with Crippen molar-refractivity contribution in [3.8, 4) is 43.9 Å². The van der Waals surface area contributed by atoms with E-state index < -0.39 is 16.8 Å². The van der Waals surface area contributed by atoms with Crippen LogP contribution in [0.4, 0.5) is 40.2 Å². The lowest BCUT2D eigenvalue weighted by Crippen LogP contribution is -2.41. The number of carbonyl (C=O) groups is 6. The Morgan fingerprint density at radius 1 is 0.477 bits per heavy atom. The van der Waals surface area contributed by atoms with Crippen LogP contribution in [0.2, 0.25) is 0 Å². The lowest BCUT2D eigenvalue weighted by Gasteiger charge is -2.30. The number of hydrogen-bond acceptors (Lipinski definition) is 29. The first-order valence-electron chi connectivity index (χ1n) is 42.6. The van der Waals surface area contributed by atoms with E-state index in [1.807, 2.05) is 118 Å². The zero-order chi connectivity index (χ0) is 95.8. The van der Waals surface area contributed by atoms with Gasteiger partial charge in [-0.25, -0.2) is 45.9 Å². The Balaban J connectivity index is 0.000000152. The summed E-state index contributed by atoms with van der Waals surface area (Å²) < 4.78 is 22.1. The molecule has 6 aromatic carbocycles. The van der Waals surface area contributed by atoms with Gasteiger partial charge >= 0.3 is 18.3 Å². The van der Waals surface area contributed by atoms with Gasteiger partial charge in [-0.2, -0.15) is 10.5 Å². The summed E-state index contributed by atoms with van der Waals surface area (Å²) in [6.07, 6.45) is 2.90. The van der Waals surface area contributed by atoms with Crippen molar-refractivity contribution >= 4 is 216 Å². The number of nitrogens with two attached hydrogens (primary N) is 3. The number of piperidine rings is 1. The zero-order valence-electron chi connectivity index (χ0n) is 77.0. The third kappa shape index (κ3) is 28.0. The molecule has 132 heavy (non-hydrogen) atoms. The van der Waals surface area contributed by atoms with Crippen LogP contribution in [0.5, 0.6) is 0 Å². The number of thiazole rings is 5. The summed E-state index contributed by atoms with van der Waals surface area (Å²) in [5.41, 5.74) is 35.9. The number of benzene rings is 6. The molecule has 690 valence electrons. The quantitative estimate of drug-likeness (QED) is 0.0267. The van der Waals surface area contributed by atoms with Crippen molar-refractivity contribution in [2.24, 2.45) is 0 Å². The predicted molar refractivity (Wildman–Crippen MR) is 547 cm³/mol. The predicted octanol–water partition coefficient (Wildman–Crippen LogP) is 23.5. The van der Waals surface area contributed by atoms with Crippen LogP contribution < -0.4 is 33.2 Å². The number of likely N-dealkylation sites (tertiary alicyclic amines) is 1. The summed E-state index contributed by atoms with van der Waals surface area (Å²) in [6.45, 7) is 43.3. The third-order valence-corrected chi connectivity index (χ3v) is 28.6. The summed E-state index contributed by atoms with van der Waals surface area (Å²) in [5, 5.41) is 32.4. The Morgan fingerprint density at radius 3 is 1.26 bits per heavy atom. The number of anilines is 5. The second kappa shape index (κ2) is 44.8. The molecular formula is C97H109N17O9S9. The number of amides is 5. The normalized spacial score (nSPS) is 13.2. The molecular weight excluding hydrogens is 1840 g/mol. The molecule has 12 heterocycles. The number of thiophene rings is 3. The zero-order valence-corrected chi connectivity index (χ0v) is 84.5. The number of aromatic nitrogens is 5. The number of thiol groups is 1. The van der Waals surface area contributed by atoms with Gasteiger partial charge in [0.2, 0.25) is 11.8 Å². The molecule has 0 unspecified atom stereocenters. The van der Waals surface area contributed by atoms with Gasteiger partial charge in [-0.15, -0.1) is 92.0 Å². The molecule has 8 aromatic heterocycles. The molecule has 0 radical (unpaired) electrons. The van der Waals surface area contributed by atoms with E-state index in [0.717, 1.165) is 130 Å². The number of Topliss-reactive ketones (excluding diaryl/α,β-unsaturated/α-hetero) is 1. The van der Waals surface area contributed by atoms with E-state index in [1.54, 1.807) is 95.7 Å². The topological polar surface area (TPSA) is 370 Å². The van der Waals surface area contributed by atoms with Gasteiger partial charge in [0.05, 0.1) is 81.7 Å². The van der Waals surface area contributed by atoms with Crippen LogP contribution in [0.15, 0.2) is 114 Å². The number of nitrogen functional groups attached to an aromatic ring is 3. The average molecular weight is 1950 g/mol. The lowest BCUT2D eigenvalue weighted by molar-refractivity contribution is -0.121. The first kappa shape index (κ1) is 101. The fourth-order valence-electron chi connectivity index (χ4n) is 14.0. The SMILES string of the molecule is CC(=O)Nc1sc2c(c1-c1nc3ccc(C)cc3s1)CCN(C(=O)OC(C)(C)C)C2.CC(=O)Nc1sc2c(c1-c1nc3ccc(C)cc3s1)CCNC2.CC(C)(C)OC(=O)N1CCC(=O)CC1.Cc1ccc(N)c(S)c1.Cc1ccc2nc(-c3c(N)sc4c3CCN(C(=O)OC(C)(C)C)C4)sc2c1.Cc1ccc2nc(CC#N)sc2c1.Cc1ccc2nc(N)sc2c1.[C-]#[N+]CC#N. The standard InChI is InChI=1S/C22H25N3O3S2.C20H23N3O2S2.C17H17N3OS2.C10H8N2S.C10H17NO3.C8H8N2S.C7H9NS.C3H2N2/c1-12-6-7-15-16(10-12)29-20(24-15)18-14-8-9-25(21(27)28-22(3,4)5)11-17(14)30-19(18)23-13(2)26;1-11-5-6-13-14(9-11)27-18(22-13)16-12-7-8-23(10-15(12)26-17(16)21)19(24)25-20(2,3)4;1-9-3-4-12-13(7-9)22-17(20-12)15-11-5-6-18-8-14(11)23-16(15)19-10(2)21;1-7-2-3-8-9(6-7)13-10(12-8)4-5-11;1-10(2,3)14-9(13)11-6-4-8(12)5-7-11;1-5-2-3-6-7(4-5)11-8(9)10-6;1-5-2-3-6(8)7(9)4-5;1-5-3-2-4/h6-7,10H,8-9,11H2,1-5H3,(H,23,26);5-6,9H,7-8,10,21H2,1-4H3;3-4,7,18H,5-6,8H2,1-2H3,(H,19,21);2-3,6H,4H2,1H3;4-7H2,1-3H3;2-4H,1H3,(H2,9,10);2-4,9H,8H2,1H3;3H2. The Labute approximate surface area is 806 Å². The highest BCUT2D eigenvalue weighted by Gasteiger charge is 2.35. The molecule has 26 nitrogen and oxygen atoms in total. The van der Waals surface area contributed by atoms with E-state index in [2.05, 4.69) is 145 Å². The van der Waals surface area contributed by atoms with Gasteiger partial charge in [0, 0.05) is 101 Å². The van der Waals surface area contributed by atoms with Crippen molar-refractivity contribution in [1.82, 2.24) is 44.9 Å². The first-order chi connectivity index (χ1) is 62.5. The molecule has 0 atom stereocenters. The van der Waals surface area contributed by atoms with Crippen molar-refractivity contribution in [2.75, 3.05) is 67.1 Å². The van der Waals surface area contributed by atoms with Crippen molar-refractivity contribution in [3.63, 3.8) is 0 Å². The number of aryl methyl sites for hydroxylation is 6. The molecule has 1 fully saturated rings. The van der Waals surface area contributed by atoms with Gasteiger partial charge in [-0.1, -0.05) is 47.7 Å². The Kier molecular flexibility index (Phi) is 34.3. The number of nitrogens with zero attached hydrogens (tertiary/aromatic N) is 11. The Morgan fingerprint density at radius 2 is 0.848 bits per heavy atom. The van der Waals surface area contributed by atoms with E-state index in [9.17, 15) is 28.8 Å². The van der Waals surface area contributed by atoms with Crippen molar-refractivity contribution in [1.29, 1.82) is 10.5 Å². The van der Waals surface area contributed by atoms with E-state index in [4.69, 9.17) is 63.5 Å². The second-order valence-electron chi connectivity index (χ2n) is 34.7. The fourth-order valence-corrected chi connectivity index (χ4v) is 23.4. The number of nitriles is 2. The first-order valence-corrected chi connectivity index (χ1v) is 49.6. The van der Waals surface area contributed by atoms with Crippen LogP contribution in [0, 0.1) is 70.8 Å². The van der Waals surface area contributed by atoms with Gasteiger partial charge in [0.15, 0.2) is 5.13 Å². The maximum absolute atomic E-state index is 12.5. The molecule has 0 spiro atoms. The van der Waals surface area contributed by atoms with Gasteiger partial charge in [0.25, 0.3) is 6.54 Å². The van der Waals surface area contributed by atoms with Gasteiger partial charge < -0.3 is 66.9 Å². The molecule has 5 amide bonds. The summed E-state index contributed by atoms with van der Waals surface area (Å²) in [6, 6.07) is 40.7. The van der Waals surface area contributed by atoms with E-state index in [-0.39, 0.29) is 42.4 Å². The van der Waals surface area contributed by atoms with Crippen LogP contribution in [-0.4, -0.2) is 132 Å².